The maximum atomic E-state index is 12.0. The minimum absolute atomic E-state index is 0.0124. The van der Waals surface area contributed by atoms with Crippen molar-refractivity contribution in [3.63, 3.8) is 0 Å². The number of hydrogen-bond donors (Lipinski definition) is 2. The van der Waals surface area contributed by atoms with Gasteiger partial charge in [0.1, 0.15) is 6.61 Å². The van der Waals surface area contributed by atoms with E-state index in [0.717, 1.165) is 24.0 Å². The average Bonchev–Trinajstić information content (AvgIpc) is 2.45. The highest BCUT2D eigenvalue weighted by atomic mass is 16.2. The van der Waals surface area contributed by atoms with Crippen molar-refractivity contribution in [3.05, 3.63) is 35.4 Å². The molecule has 2 atom stereocenters. The van der Waals surface area contributed by atoms with E-state index in [1.54, 1.807) is 0 Å². The molecule has 2 unspecified atom stereocenters. The SMILES string of the molecule is CCCC(C)C(=O)NC(C)c1ccc(C#CCO)cc1. The van der Waals surface area contributed by atoms with Crippen LogP contribution in [0.1, 0.15) is 50.8 Å². The Morgan fingerprint density at radius 1 is 1.30 bits per heavy atom. The second-order valence-corrected chi connectivity index (χ2v) is 5.00. The summed E-state index contributed by atoms with van der Waals surface area (Å²) in [5.41, 5.74) is 1.91. The summed E-state index contributed by atoms with van der Waals surface area (Å²) in [4.78, 5) is 12.0. The van der Waals surface area contributed by atoms with Crippen LogP contribution in [-0.4, -0.2) is 17.6 Å². The predicted molar refractivity (Wildman–Crippen MR) is 81.0 cm³/mol. The average molecular weight is 273 g/mol. The Kier molecular flexibility index (Phi) is 6.83. The second kappa shape index (κ2) is 8.39. The fraction of sp³-hybridized carbons (Fsp3) is 0.471. The summed E-state index contributed by atoms with van der Waals surface area (Å²) in [6, 6.07) is 7.70. The van der Waals surface area contributed by atoms with Crippen molar-refractivity contribution in [3.8, 4) is 11.8 Å². The number of nitrogens with one attached hydrogen (secondary N) is 1. The lowest BCUT2D eigenvalue weighted by atomic mass is 10.0. The Morgan fingerprint density at radius 3 is 2.50 bits per heavy atom. The molecule has 2 N–H and O–H groups in total. The molecule has 0 aliphatic heterocycles. The van der Waals surface area contributed by atoms with Gasteiger partial charge in [0, 0.05) is 11.5 Å². The van der Waals surface area contributed by atoms with Crippen LogP contribution in [0.4, 0.5) is 0 Å². The summed E-state index contributed by atoms with van der Waals surface area (Å²) in [7, 11) is 0. The summed E-state index contributed by atoms with van der Waals surface area (Å²) >= 11 is 0. The fourth-order valence-corrected chi connectivity index (χ4v) is 2.00. The number of amides is 1. The van der Waals surface area contributed by atoms with Gasteiger partial charge in [-0.2, -0.15) is 0 Å². The van der Waals surface area contributed by atoms with E-state index in [1.807, 2.05) is 38.1 Å². The van der Waals surface area contributed by atoms with E-state index < -0.39 is 0 Å². The van der Waals surface area contributed by atoms with Crippen LogP contribution in [0, 0.1) is 17.8 Å². The van der Waals surface area contributed by atoms with Crippen LogP contribution in [-0.2, 0) is 4.79 Å². The number of carbonyl (C=O) groups is 1. The zero-order chi connectivity index (χ0) is 15.0. The molecule has 0 spiro atoms. The third kappa shape index (κ3) is 5.07. The van der Waals surface area contributed by atoms with Crippen molar-refractivity contribution < 1.29 is 9.90 Å². The summed E-state index contributed by atoms with van der Waals surface area (Å²) in [6.07, 6.45) is 1.93. The standard InChI is InChI=1S/C17H23NO2/c1-4-6-13(2)17(20)18-14(3)16-10-8-15(9-11-16)7-5-12-19/h8-11,13-14,19H,4,6,12H2,1-3H3,(H,18,20). The van der Waals surface area contributed by atoms with Gasteiger partial charge in [-0.05, 0) is 31.0 Å². The Bertz CT molecular complexity index is 482. The maximum Gasteiger partial charge on any atom is 0.223 e. The van der Waals surface area contributed by atoms with Crippen molar-refractivity contribution in [2.45, 2.75) is 39.7 Å². The number of aliphatic hydroxyl groups excluding tert-OH is 1. The smallest absolute Gasteiger partial charge is 0.223 e. The van der Waals surface area contributed by atoms with Crippen LogP contribution in [0.3, 0.4) is 0 Å². The molecule has 0 aromatic heterocycles. The molecular weight excluding hydrogens is 250 g/mol. The lowest BCUT2D eigenvalue weighted by molar-refractivity contribution is -0.125. The molecule has 0 radical (unpaired) electrons. The van der Waals surface area contributed by atoms with Gasteiger partial charge in [0.2, 0.25) is 5.91 Å². The number of aliphatic hydroxyl groups is 1. The van der Waals surface area contributed by atoms with Crippen molar-refractivity contribution in [1.82, 2.24) is 5.32 Å². The number of benzene rings is 1. The molecule has 1 rings (SSSR count). The number of rotatable bonds is 5. The first-order valence-corrected chi connectivity index (χ1v) is 7.08. The third-order valence-electron chi connectivity index (χ3n) is 3.25. The van der Waals surface area contributed by atoms with Crippen LogP contribution < -0.4 is 5.32 Å². The molecule has 3 heteroatoms. The van der Waals surface area contributed by atoms with E-state index in [1.165, 1.54) is 0 Å². The van der Waals surface area contributed by atoms with Crippen LogP contribution in [0.5, 0.6) is 0 Å². The zero-order valence-corrected chi connectivity index (χ0v) is 12.4. The third-order valence-corrected chi connectivity index (χ3v) is 3.25. The first-order valence-electron chi connectivity index (χ1n) is 7.08. The Hall–Kier alpha value is -1.79. The molecule has 0 heterocycles. The van der Waals surface area contributed by atoms with Gasteiger partial charge in [-0.15, -0.1) is 0 Å². The maximum absolute atomic E-state index is 12.0. The number of carbonyl (C=O) groups excluding carboxylic acids is 1. The summed E-state index contributed by atoms with van der Waals surface area (Å²) in [5.74, 6) is 5.61. The van der Waals surface area contributed by atoms with E-state index in [2.05, 4.69) is 24.1 Å². The summed E-state index contributed by atoms with van der Waals surface area (Å²) < 4.78 is 0. The van der Waals surface area contributed by atoms with Crippen LogP contribution >= 0.6 is 0 Å². The Morgan fingerprint density at radius 2 is 1.95 bits per heavy atom. The van der Waals surface area contributed by atoms with Crippen molar-refractivity contribution >= 4 is 5.91 Å². The van der Waals surface area contributed by atoms with E-state index in [0.29, 0.717) is 0 Å². The van der Waals surface area contributed by atoms with Gasteiger partial charge in [0.25, 0.3) is 0 Å². The molecule has 1 amide bonds. The van der Waals surface area contributed by atoms with Gasteiger partial charge in [-0.25, -0.2) is 0 Å². The fourth-order valence-electron chi connectivity index (χ4n) is 2.00. The quantitative estimate of drug-likeness (QED) is 0.810. The molecule has 0 fully saturated rings. The highest BCUT2D eigenvalue weighted by Crippen LogP contribution is 2.15. The normalized spacial score (nSPS) is 13.0. The lowest BCUT2D eigenvalue weighted by Gasteiger charge is -2.17. The second-order valence-electron chi connectivity index (χ2n) is 5.00. The van der Waals surface area contributed by atoms with Gasteiger partial charge in [-0.1, -0.05) is 44.2 Å². The molecule has 1 aromatic rings. The molecular formula is C17H23NO2. The molecule has 20 heavy (non-hydrogen) atoms. The molecule has 0 aliphatic rings. The summed E-state index contributed by atoms with van der Waals surface area (Å²) in [5, 5.41) is 11.7. The molecule has 3 nitrogen and oxygen atoms in total. The minimum atomic E-state index is -0.135. The minimum Gasteiger partial charge on any atom is -0.384 e. The highest BCUT2D eigenvalue weighted by molar-refractivity contribution is 5.78. The molecule has 0 bridgehead atoms. The topological polar surface area (TPSA) is 49.3 Å². The first-order chi connectivity index (χ1) is 9.58. The van der Waals surface area contributed by atoms with Gasteiger partial charge in [0.05, 0.1) is 6.04 Å². The van der Waals surface area contributed by atoms with Crippen molar-refractivity contribution in [2.24, 2.45) is 5.92 Å². The first kappa shape index (κ1) is 16.3. The molecule has 1 aromatic carbocycles. The largest absolute Gasteiger partial charge is 0.384 e. The zero-order valence-electron chi connectivity index (χ0n) is 12.4. The molecule has 0 saturated heterocycles. The van der Waals surface area contributed by atoms with Crippen LogP contribution in [0.25, 0.3) is 0 Å². The molecule has 0 saturated carbocycles. The predicted octanol–water partition coefficient (Wildman–Crippen LogP) is 2.64. The van der Waals surface area contributed by atoms with Crippen molar-refractivity contribution in [1.29, 1.82) is 0 Å². The Balaban J connectivity index is 2.63. The van der Waals surface area contributed by atoms with Crippen LogP contribution in [0.15, 0.2) is 24.3 Å². The monoisotopic (exact) mass is 273 g/mol. The molecule has 108 valence electrons. The van der Waals surface area contributed by atoms with E-state index in [-0.39, 0.29) is 24.5 Å². The van der Waals surface area contributed by atoms with E-state index in [9.17, 15) is 4.79 Å². The van der Waals surface area contributed by atoms with E-state index in [4.69, 9.17) is 5.11 Å². The lowest BCUT2D eigenvalue weighted by Crippen LogP contribution is -2.31. The van der Waals surface area contributed by atoms with Gasteiger partial charge >= 0.3 is 0 Å². The van der Waals surface area contributed by atoms with Gasteiger partial charge < -0.3 is 10.4 Å². The van der Waals surface area contributed by atoms with Gasteiger partial charge in [0.15, 0.2) is 0 Å². The van der Waals surface area contributed by atoms with E-state index >= 15 is 0 Å². The highest BCUT2D eigenvalue weighted by Gasteiger charge is 2.15. The number of hydrogen-bond acceptors (Lipinski definition) is 2. The van der Waals surface area contributed by atoms with Crippen LogP contribution in [0.2, 0.25) is 0 Å². The Labute approximate surface area is 121 Å². The van der Waals surface area contributed by atoms with Crippen molar-refractivity contribution in [2.75, 3.05) is 6.61 Å². The molecule has 0 aliphatic carbocycles. The summed E-state index contributed by atoms with van der Waals surface area (Å²) in [6.45, 7) is 5.88. The van der Waals surface area contributed by atoms with Gasteiger partial charge in [-0.3, -0.25) is 4.79 Å².